The average Bonchev–Trinajstić information content (AvgIpc) is 2.41. The molecular formula is C16H34N4. The van der Waals surface area contributed by atoms with E-state index in [0.717, 1.165) is 19.6 Å². The van der Waals surface area contributed by atoms with Crippen LogP contribution in [-0.4, -0.2) is 78.1 Å². The molecular weight excluding hydrogens is 248 g/mol. The molecule has 0 atom stereocenters. The summed E-state index contributed by atoms with van der Waals surface area (Å²) < 4.78 is 0. The van der Waals surface area contributed by atoms with Gasteiger partial charge in [0, 0.05) is 56.4 Å². The van der Waals surface area contributed by atoms with Crippen LogP contribution in [0.2, 0.25) is 0 Å². The maximum Gasteiger partial charge on any atom is 0.0357 e. The minimum atomic E-state index is 0.240. The molecule has 2 fully saturated rings. The van der Waals surface area contributed by atoms with E-state index >= 15 is 0 Å². The summed E-state index contributed by atoms with van der Waals surface area (Å²) in [4.78, 5) is 7.77. The molecule has 0 aromatic heterocycles. The summed E-state index contributed by atoms with van der Waals surface area (Å²) >= 11 is 0. The third-order valence-corrected chi connectivity index (χ3v) is 5.83. The van der Waals surface area contributed by atoms with Crippen LogP contribution in [0, 0.1) is 0 Å². The van der Waals surface area contributed by atoms with Crippen molar-refractivity contribution in [3.8, 4) is 0 Å². The fraction of sp³-hybridized carbons (Fsp3) is 1.00. The largest absolute Gasteiger partial charge is 0.329 e. The van der Waals surface area contributed by atoms with E-state index in [1.165, 1.54) is 32.5 Å². The van der Waals surface area contributed by atoms with Gasteiger partial charge in [0.2, 0.25) is 0 Å². The van der Waals surface area contributed by atoms with Crippen LogP contribution in [0.5, 0.6) is 0 Å². The van der Waals surface area contributed by atoms with Gasteiger partial charge in [-0.25, -0.2) is 0 Å². The molecule has 0 aromatic rings. The summed E-state index contributed by atoms with van der Waals surface area (Å²) in [6, 6.07) is 0.662. The first kappa shape index (κ1) is 16.2. The van der Waals surface area contributed by atoms with Crippen molar-refractivity contribution in [3.63, 3.8) is 0 Å². The molecule has 0 unspecified atom stereocenters. The number of piperidine rings is 1. The van der Waals surface area contributed by atoms with E-state index in [1.54, 1.807) is 0 Å². The lowest BCUT2D eigenvalue weighted by Crippen LogP contribution is -2.68. The number of hydrogen-bond acceptors (Lipinski definition) is 4. The van der Waals surface area contributed by atoms with E-state index < -0.39 is 0 Å². The molecule has 0 amide bonds. The van der Waals surface area contributed by atoms with E-state index in [2.05, 4.69) is 49.4 Å². The van der Waals surface area contributed by atoms with Gasteiger partial charge >= 0.3 is 0 Å². The van der Waals surface area contributed by atoms with Crippen LogP contribution in [-0.2, 0) is 0 Å². The number of nitrogens with zero attached hydrogens (tertiary/aromatic N) is 3. The Bertz CT molecular complexity index is 318. The highest BCUT2D eigenvalue weighted by molar-refractivity contribution is 5.01. The van der Waals surface area contributed by atoms with Crippen molar-refractivity contribution in [2.75, 3.05) is 46.3 Å². The van der Waals surface area contributed by atoms with Crippen LogP contribution >= 0.6 is 0 Å². The third-order valence-electron chi connectivity index (χ3n) is 5.83. The zero-order chi connectivity index (χ0) is 15.0. The first-order chi connectivity index (χ1) is 9.31. The van der Waals surface area contributed by atoms with Gasteiger partial charge < -0.3 is 10.6 Å². The molecule has 118 valence electrons. The molecule has 0 spiro atoms. The average molecular weight is 282 g/mol. The highest BCUT2D eigenvalue weighted by Gasteiger charge is 2.43. The van der Waals surface area contributed by atoms with Crippen molar-refractivity contribution in [3.05, 3.63) is 0 Å². The maximum absolute atomic E-state index is 6.24. The van der Waals surface area contributed by atoms with E-state index in [-0.39, 0.29) is 11.1 Å². The molecule has 0 radical (unpaired) electrons. The van der Waals surface area contributed by atoms with Gasteiger partial charge in [0.15, 0.2) is 0 Å². The number of nitrogens with two attached hydrogens (primary N) is 1. The van der Waals surface area contributed by atoms with Crippen molar-refractivity contribution in [1.29, 1.82) is 0 Å². The topological polar surface area (TPSA) is 35.7 Å². The van der Waals surface area contributed by atoms with Gasteiger partial charge in [0.25, 0.3) is 0 Å². The van der Waals surface area contributed by atoms with Gasteiger partial charge in [-0.15, -0.1) is 0 Å². The van der Waals surface area contributed by atoms with Gasteiger partial charge in [0.1, 0.15) is 0 Å². The second kappa shape index (κ2) is 5.91. The number of hydrogen-bond donors (Lipinski definition) is 1. The predicted molar refractivity (Wildman–Crippen MR) is 86.0 cm³/mol. The normalized spacial score (nSPS) is 28.9. The van der Waals surface area contributed by atoms with Crippen molar-refractivity contribution in [1.82, 2.24) is 14.7 Å². The molecule has 2 N–H and O–H groups in total. The molecule has 20 heavy (non-hydrogen) atoms. The maximum atomic E-state index is 6.24. The Balaban J connectivity index is 2.05. The minimum Gasteiger partial charge on any atom is -0.329 e. The molecule has 0 aromatic carbocycles. The quantitative estimate of drug-likeness (QED) is 0.844. The molecule has 2 saturated heterocycles. The SMILES string of the molecule is CC(C)N1CCC(CN)(N2CCN(C)C(C)(C)C2)CC1. The summed E-state index contributed by atoms with van der Waals surface area (Å²) in [5.41, 5.74) is 6.74. The van der Waals surface area contributed by atoms with Crippen molar-refractivity contribution >= 4 is 0 Å². The van der Waals surface area contributed by atoms with Crippen molar-refractivity contribution in [2.24, 2.45) is 5.73 Å². The molecule has 0 saturated carbocycles. The Kier molecular flexibility index (Phi) is 4.80. The molecule has 2 heterocycles. The van der Waals surface area contributed by atoms with Crippen molar-refractivity contribution in [2.45, 2.75) is 57.7 Å². The Hall–Kier alpha value is -0.160. The monoisotopic (exact) mass is 282 g/mol. The smallest absolute Gasteiger partial charge is 0.0357 e. The zero-order valence-corrected chi connectivity index (χ0v) is 14.2. The van der Waals surface area contributed by atoms with Gasteiger partial charge in [-0.3, -0.25) is 9.80 Å². The molecule has 4 nitrogen and oxygen atoms in total. The Labute approximate surface area is 125 Å². The third kappa shape index (κ3) is 3.03. The second-order valence-corrected chi connectivity index (χ2v) is 7.71. The van der Waals surface area contributed by atoms with Gasteiger partial charge in [0.05, 0.1) is 0 Å². The Morgan fingerprint density at radius 3 is 2.10 bits per heavy atom. The van der Waals surface area contributed by atoms with Crippen LogP contribution in [0.4, 0.5) is 0 Å². The lowest BCUT2D eigenvalue weighted by Gasteiger charge is -2.55. The van der Waals surface area contributed by atoms with Gasteiger partial charge in [-0.1, -0.05) is 0 Å². The number of likely N-dealkylation sites (N-methyl/N-ethyl adjacent to an activating group) is 1. The first-order valence-corrected chi connectivity index (χ1v) is 8.21. The lowest BCUT2D eigenvalue weighted by atomic mass is 9.82. The van der Waals surface area contributed by atoms with Crippen LogP contribution in [0.1, 0.15) is 40.5 Å². The Morgan fingerprint density at radius 2 is 1.65 bits per heavy atom. The molecule has 4 heteroatoms. The summed E-state index contributed by atoms with van der Waals surface area (Å²) in [7, 11) is 2.24. The first-order valence-electron chi connectivity index (χ1n) is 8.21. The van der Waals surface area contributed by atoms with E-state index in [1.807, 2.05) is 0 Å². The second-order valence-electron chi connectivity index (χ2n) is 7.71. The zero-order valence-electron chi connectivity index (χ0n) is 14.2. The van der Waals surface area contributed by atoms with Gasteiger partial charge in [-0.2, -0.15) is 0 Å². The molecule has 0 aliphatic carbocycles. The molecule has 2 aliphatic heterocycles. The number of piperazine rings is 1. The van der Waals surface area contributed by atoms with Crippen LogP contribution in [0.3, 0.4) is 0 Å². The van der Waals surface area contributed by atoms with E-state index in [0.29, 0.717) is 6.04 Å². The van der Waals surface area contributed by atoms with Crippen LogP contribution in [0.15, 0.2) is 0 Å². The molecule has 2 rings (SSSR count). The lowest BCUT2D eigenvalue weighted by molar-refractivity contribution is -0.0496. The van der Waals surface area contributed by atoms with Gasteiger partial charge in [-0.05, 0) is 47.6 Å². The highest BCUT2D eigenvalue weighted by Crippen LogP contribution is 2.33. The fourth-order valence-electron chi connectivity index (χ4n) is 3.75. The number of likely N-dealkylation sites (tertiary alicyclic amines) is 1. The van der Waals surface area contributed by atoms with E-state index in [4.69, 9.17) is 5.73 Å². The van der Waals surface area contributed by atoms with E-state index in [9.17, 15) is 0 Å². The van der Waals surface area contributed by atoms with Crippen molar-refractivity contribution < 1.29 is 0 Å². The summed E-state index contributed by atoms with van der Waals surface area (Å²) in [5, 5.41) is 0. The fourth-order valence-corrected chi connectivity index (χ4v) is 3.75. The molecule has 0 bridgehead atoms. The Morgan fingerprint density at radius 1 is 1.05 bits per heavy atom. The highest BCUT2D eigenvalue weighted by atomic mass is 15.3. The standard InChI is InChI=1S/C16H34N4/c1-14(2)19-8-6-16(12-17,7-9-19)20-11-10-18(5)15(3,4)13-20/h14H,6-13,17H2,1-5H3. The van der Waals surface area contributed by atoms with Crippen LogP contribution in [0.25, 0.3) is 0 Å². The summed E-state index contributed by atoms with van der Waals surface area (Å²) in [6.45, 7) is 16.0. The minimum absolute atomic E-state index is 0.240. The summed E-state index contributed by atoms with van der Waals surface area (Å²) in [6.07, 6.45) is 2.45. The predicted octanol–water partition coefficient (Wildman–Crippen LogP) is 1.21. The van der Waals surface area contributed by atoms with Crippen LogP contribution < -0.4 is 5.73 Å². The summed E-state index contributed by atoms with van der Waals surface area (Å²) in [5.74, 6) is 0. The number of rotatable bonds is 3. The molecule has 2 aliphatic rings.